The second-order valence-corrected chi connectivity index (χ2v) is 7.22. The van der Waals surface area contributed by atoms with E-state index >= 15 is 0 Å². The maximum Gasteiger partial charge on any atom is 0.325 e. The zero-order chi connectivity index (χ0) is 20.6. The van der Waals surface area contributed by atoms with E-state index in [1.165, 1.54) is 0 Å². The molecule has 1 saturated heterocycles. The number of hydrogen-bond donors (Lipinski definition) is 2. The van der Waals surface area contributed by atoms with Gasteiger partial charge in [-0.2, -0.15) is 0 Å². The number of carbonyl (C=O) groups is 3. The van der Waals surface area contributed by atoms with Crippen LogP contribution in [0.3, 0.4) is 0 Å². The molecule has 0 radical (unpaired) electrons. The normalized spacial score (nSPS) is 20.4. The SMILES string of the molecule is Cc1cccc(NC(=O)CN2C(=O)NC(C)(c3ccc4c(c3)OCCO4)C2=O)c1. The standard InChI is InChI=1S/C21H21N3O5/c1-13-4-3-5-15(10-13)22-18(25)12-24-19(26)21(2,23-20(24)27)14-6-7-16-17(11-14)29-9-8-28-16/h3-7,10-11H,8-9,12H2,1-2H3,(H,22,25)(H,23,27). The summed E-state index contributed by atoms with van der Waals surface area (Å²) in [6, 6.07) is 11.8. The molecule has 29 heavy (non-hydrogen) atoms. The fourth-order valence-corrected chi connectivity index (χ4v) is 3.46. The van der Waals surface area contributed by atoms with E-state index < -0.39 is 23.4 Å². The summed E-state index contributed by atoms with van der Waals surface area (Å²) in [7, 11) is 0. The molecule has 4 rings (SSSR count). The summed E-state index contributed by atoms with van der Waals surface area (Å²) in [6.07, 6.45) is 0. The molecule has 0 bridgehead atoms. The Labute approximate surface area is 167 Å². The van der Waals surface area contributed by atoms with E-state index in [1.54, 1.807) is 31.2 Å². The molecular weight excluding hydrogens is 374 g/mol. The molecule has 1 fully saturated rings. The lowest BCUT2D eigenvalue weighted by Gasteiger charge is -2.25. The van der Waals surface area contributed by atoms with Gasteiger partial charge in [0.05, 0.1) is 0 Å². The Kier molecular flexibility index (Phi) is 4.62. The number of rotatable bonds is 4. The maximum atomic E-state index is 13.0. The van der Waals surface area contributed by atoms with Gasteiger partial charge in [0, 0.05) is 5.69 Å². The number of imide groups is 1. The molecule has 2 N–H and O–H groups in total. The molecule has 4 amide bonds. The summed E-state index contributed by atoms with van der Waals surface area (Å²) in [5.41, 5.74) is 0.860. The summed E-state index contributed by atoms with van der Waals surface area (Å²) in [5.74, 6) is 0.159. The van der Waals surface area contributed by atoms with Crippen LogP contribution in [-0.2, 0) is 15.1 Å². The van der Waals surface area contributed by atoms with E-state index in [0.717, 1.165) is 10.5 Å². The predicted molar refractivity (Wildman–Crippen MR) is 105 cm³/mol. The average molecular weight is 395 g/mol. The van der Waals surface area contributed by atoms with Crippen molar-refractivity contribution in [3.8, 4) is 11.5 Å². The number of aryl methyl sites for hydroxylation is 1. The van der Waals surface area contributed by atoms with Gasteiger partial charge in [0.25, 0.3) is 5.91 Å². The van der Waals surface area contributed by atoms with Crippen LogP contribution in [0.2, 0.25) is 0 Å². The van der Waals surface area contributed by atoms with Gasteiger partial charge in [-0.15, -0.1) is 0 Å². The van der Waals surface area contributed by atoms with E-state index in [2.05, 4.69) is 10.6 Å². The predicted octanol–water partition coefficient (Wildman–Crippen LogP) is 2.17. The lowest BCUT2D eigenvalue weighted by Crippen LogP contribution is -2.42. The second kappa shape index (κ2) is 7.12. The van der Waals surface area contributed by atoms with Crippen molar-refractivity contribution in [1.29, 1.82) is 0 Å². The van der Waals surface area contributed by atoms with Gasteiger partial charge >= 0.3 is 6.03 Å². The quantitative estimate of drug-likeness (QED) is 0.774. The summed E-state index contributed by atoms with van der Waals surface area (Å²) in [5, 5.41) is 5.40. The monoisotopic (exact) mass is 395 g/mol. The lowest BCUT2D eigenvalue weighted by atomic mass is 9.91. The molecule has 2 aliphatic rings. The van der Waals surface area contributed by atoms with Gasteiger partial charge in [-0.3, -0.25) is 14.5 Å². The summed E-state index contributed by atoms with van der Waals surface area (Å²) in [4.78, 5) is 38.8. The lowest BCUT2D eigenvalue weighted by molar-refractivity contribution is -0.133. The highest BCUT2D eigenvalue weighted by molar-refractivity contribution is 6.10. The fourth-order valence-electron chi connectivity index (χ4n) is 3.46. The Hall–Kier alpha value is -3.55. The van der Waals surface area contributed by atoms with Crippen molar-refractivity contribution in [2.45, 2.75) is 19.4 Å². The third kappa shape index (κ3) is 3.49. The minimum atomic E-state index is -1.30. The van der Waals surface area contributed by atoms with E-state index in [4.69, 9.17) is 9.47 Å². The van der Waals surface area contributed by atoms with Gasteiger partial charge in [0.2, 0.25) is 5.91 Å². The van der Waals surface area contributed by atoms with Crippen molar-refractivity contribution in [3.63, 3.8) is 0 Å². The highest BCUT2D eigenvalue weighted by Gasteiger charge is 2.49. The molecule has 8 heteroatoms. The van der Waals surface area contributed by atoms with E-state index in [1.807, 2.05) is 25.1 Å². The Bertz CT molecular complexity index is 1010. The Morgan fingerprint density at radius 3 is 2.66 bits per heavy atom. The number of ether oxygens (including phenoxy) is 2. The van der Waals surface area contributed by atoms with Crippen LogP contribution in [-0.4, -0.2) is 42.5 Å². The topological polar surface area (TPSA) is 97.0 Å². The van der Waals surface area contributed by atoms with Crippen LogP contribution in [0, 0.1) is 6.92 Å². The van der Waals surface area contributed by atoms with Crippen LogP contribution in [0.1, 0.15) is 18.1 Å². The van der Waals surface area contributed by atoms with Crippen molar-refractivity contribution in [1.82, 2.24) is 10.2 Å². The minimum Gasteiger partial charge on any atom is -0.486 e. The van der Waals surface area contributed by atoms with E-state index in [9.17, 15) is 14.4 Å². The highest BCUT2D eigenvalue weighted by atomic mass is 16.6. The third-order valence-electron chi connectivity index (χ3n) is 5.00. The molecule has 0 saturated carbocycles. The highest BCUT2D eigenvalue weighted by Crippen LogP contribution is 2.36. The Morgan fingerprint density at radius 1 is 1.14 bits per heavy atom. The van der Waals surface area contributed by atoms with Crippen molar-refractivity contribution in [2.75, 3.05) is 25.1 Å². The van der Waals surface area contributed by atoms with Gasteiger partial charge in [-0.25, -0.2) is 4.79 Å². The molecular formula is C21H21N3O5. The van der Waals surface area contributed by atoms with Crippen LogP contribution in [0.5, 0.6) is 11.5 Å². The first-order chi connectivity index (χ1) is 13.9. The van der Waals surface area contributed by atoms with Gasteiger partial charge in [0.1, 0.15) is 25.3 Å². The molecule has 2 aromatic rings. The van der Waals surface area contributed by atoms with Crippen LogP contribution >= 0.6 is 0 Å². The first-order valence-electron chi connectivity index (χ1n) is 9.27. The smallest absolute Gasteiger partial charge is 0.325 e. The van der Waals surface area contributed by atoms with Crippen molar-refractivity contribution in [3.05, 3.63) is 53.6 Å². The molecule has 150 valence electrons. The molecule has 2 aliphatic heterocycles. The zero-order valence-corrected chi connectivity index (χ0v) is 16.2. The second-order valence-electron chi connectivity index (χ2n) is 7.22. The average Bonchev–Trinajstić information content (AvgIpc) is 2.91. The fraction of sp³-hybridized carbons (Fsp3) is 0.286. The number of hydrogen-bond acceptors (Lipinski definition) is 5. The zero-order valence-electron chi connectivity index (χ0n) is 16.2. The van der Waals surface area contributed by atoms with Crippen LogP contribution in [0.15, 0.2) is 42.5 Å². The number of anilines is 1. The minimum absolute atomic E-state index is 0.376. The van der Waals surface area contributed by atoms with E-state index in [0.29, 0.717) is 36.0 Å². The largest absolute Gasteiger partial charge is 0.486 e. The van der Waals surface area contributed by atoms with Gasteiger partial charge in [-0.05, 0) is 49.2 Å². The number of urea groups is 1. The van der Waals surface area contributed by atoms with Crippen molar-refractivity contribution >= 4 is 23.5 Å². The molecule has 1 atom stereocenters. The molecule has 0 aromatic heterocycles. The molecule has 8 nitrogen and oxygen atoms in total. The molecule has 1 unspecified atom stereocenters. The van der Waals surface area contributed by atoms with Crippen molar-refractivity contribution in [2.24, 2.45) is 0 Å². The Morgan fingerprint density at radius 2 is 1.90 bits per heavy atom. The van der Waals surface area contributed by atoms with Crippen LogP contribution < -0.4 is 20.1 Å². The molecule has 0 spiro atoms. The van der Waals surface area contributed by atoms with Gasteiger partial charge < -0.3 is 20.1 Å². The first-order valence-corrected chi connectivity index (χ1v) is 9.27. The van der Waals surface area contributed by atoms with Crippen molar-refractivity contribution < 1.29 is 23.9 Å². The molecule has 0 aliphatic carbocycles. The number of fused-ring (bicyclic) bond motifs is 1. The maximum absolute atomic E-state index is 13.0. The summed E-state index contributed by atoms with van der Waals surface area (Å²) in [6.45, 7) is 4.02. The number of carbonyl (C=O) groups excluding carboxylic acids is 3. The third-order valence-corrected chi connectivity index (χ3v) is 5.00. The Balaban J connectivity index is 1.51. The first kappa shape index (κ1) is 18.8. The van der Waals surface area contributed by atoms with Crippen LogP contribution in [0.25, 0.3) is 0 Å². The van der Waals surface area contributed by atoms with E-state index in [-0.39, 0.29) is 6.54 Å². The molecule has 2 aromatic carbocycles. The van der Waals surface area contributed by atoms with Crippen LogP contribution in [0.4, 0.5) is 10.5 Å². The summed E-state index contributed by atoms with van der Waals surface area (Å²) >= 11 is 0. The van der Waals surface area contributed by atoms with Gasteiger partial charge in [0.15, 0.2) is 11.5 Å². The number of benzene rings is 2. The summed E-state index contributed by atoms with van der Waals surface area (Å²) < 4.78 is 11.1. The number of nitrogens with one attached hydrogen (secondary N) is 2. The number of nitrogens with zero attached hydrogens (tertiary/aromatic N) is 1. The number of amides is 4. The molecule has 2 heterocycles. The van der Waals surface area contributed by atoms with Gasteiger partial charge in [-0.1, -0.05) is 18.2 Å².